The van der Waals surface area contributed by atoms with Crippen LogP contribution >= 0.6 is 0 Å². The molecular formula is C18H29N. The van der Waals surface area contributed by atoms with E-state index in [9.17, 15) is 0 Å². The van der Waals surface area contributed by atoms with Crippen LogP contribution in [0.5, 0.6) is 0 Å². The van der Waals surface area contributed by atoms with Gasteiger partial charge in [0, 0.05) is 6.04 Å². The summed E-state index contributed by atoms with van der Waals surface area (Å²) in [7, 11) is 0. The molecular weight excluding hydrogens is 230 g/mol. The van der Waals surface area contributed by atoms with Crippen molar-refractivity contribution in [2.24, 2.45) is 5.92 Å². The predicted octanol–water partition coefficient (Wildman–Crippen LogP) is 4.87. The Morgan fingerprint density at radius 1 is 1.16 bits per heavy atom. The monoisotopic (exact) mass is 259 g/mol. The van der Waals surface area contributed by atoms with Gasteiger partial charge < -0.3 is 5.32 Å². The van der Waals surface area contributed by atoms with E-state index in [2.05, 4.69) is 43.4 Å². The largest absolute Gasteiger partial charge is 0.310 e. The SMILES string of the molecule is CCCNC(c1cccc(CCC)c1)C1CCCC1. The maximum absolute atomic E-state index is 3.80. The van der Waals surface area contributed by atoms with Crippen LogP contribution in [0.25, 0.3) is 0 Å². The maximum atomic E-state index is 3.80. The highest BCUT2D eigenvalue weighted by molar-refractivity contribution is 5.27. The second-order valence-corrected chi connectivity index (χ2v) is 5.97. The summed E-state index contributed by atoms with van der Waals surface area (Å²) in [6, 6.07) is 9.87. The van der Waals surface area contributed by atoms with Crippen molar-refractivity contribution in [3.8, 4) is 0 Å². The summed E-state index contributed by atoms with van der Waals surface area (Å²) in [5, 5.41) is 3.80. The zero-order chi connectivity index (χ0) is 13.5. The van der Waals surface area contributed by atoms with Crippen molar-refractivity contribution in [1.82, 2.24) is 5.32 Å². The molecule has 1 aromatic rings. The Bertz CT molecular complexity index is 366. The van der Waals surface area contributed by atoms with Crippen LogP contribution in [0.15, 0.2) is 24.3 Å². The Labute approximate surface area is 118 Å². The Morgan fingerprint density at radius 3 is 2.63 bits per heavy atom. The first-order chi connectivity index (χ1) is 9.35. The van der Waals surface area contributed by atoms with Gasteiger partial charge in [-0.3, -0.25) is 0 Å². The lowest BCUT2D eigenvalue weighted by Crippen LogP contribution is -2.27. The fourth-order valence-corrected chi connectivity index (χ4v) is 3.38. The first-order valence-corrected chi connectivity index (χ1v) is 8.17. The highest BCUT2D eigenvalue weighted by atomic mass is 14.9. The average molecular weight is 259 g/mol. The molecule has 0 radical (unpaired) electrons. The summed E-state index contributed by atoms with van der Waals surface area (Å²) in [6.45, 7) is 5.65. The number of aryl methyl sites for hydroxylation is 1. The standard InChI is InChI=1S/C18H29N/c1-3-8-15-9-7-12-17(14-15)18(19-13-4-2)16-10-5-6-11-16/h7,9,12,14,16,18-19H,3-6,8,10-11,13H2,1-2H3. The van der Waals surface area contributed by atoms with E-state index < -0.39 is 0 Å². The lowest BCUT2D eigenvalue weighted by atomic mass is 9.90. The van der Waals surface area contributed by atoms with Crippen molar-refractivity contribution in [2.75, 3.05) is 6.54 Å². The fraction of sp³-hybridized carbons (Fsp3) is 0.667. The first-order valence-electron chi connectivity index (χ1n) is 8.17. The maximum Gasteiger partial charge on any atom is 0.0348 e. The van der Waals surface area contributed by atoms with E-state index in [1.54, 1.807) is 0 Å². The molecule has 0 aromatic heterocycles. The molecule has 2 rings (SSSR count). The molecule has 1 fully saturated rings. The van der Waals surface area contributed by atoms with Crippen LogP contribution in [0.3, 0.4) is 0 Å². The molecule has 1 saturated carbocycles. The summed E-state index contributed by atoms with van der Waals surface area (Å²) in [5.74, 6) is 0.850. The van der Waals surface area contributed by atoms with E-state index in [4.69, 9.17) is 0 Å². The number of benzene rings is 1. The topological polar surface area (TPSA) is 12.0 Å². The molecule has 19 heavy (non-hydrogen) atoms. The van der Waals surface area contributed by atoms with Gasteiger partial charge in [0.25, 0.3) is 0 Å². The molecule has 0 saturated heterocycles. The van der Waals surface area contributed by atoms with Crippen LogP contribution in [0.1, 0.15) is 69.5 Å². The normalized spacial score (nSPS) is 17.8. The molecule has 106 valence electrons. The van der Waals surface area contributed by atoms with Crippen molar-refractivity contribution in [3.63, 3.8) is 0 Å². The van der Waals surface area contributed by atoms with Gasteiger partial charge in [-0.05, 0) is 49.3 Å². The van der Waals surface area contributed by atoms with Crippen LogP contribution < -0.4 is 5.32 Å². The summed E-state index contributed by atoms with van der Waals surface area (Å²) in [6.07, 6.45) is 9.31. The Hall–Kier alpha value is -0.820. The second-order valence-electron chi connectivity index (χ2n) is 5.97. The van der Waals surface area contributed by atoms with Gasteiger partial charge in [0.15, 0.2) is 0 Å². The molecule has 0 heterocycles. The highest BCUT2D eigenvalue weighted by Gasteiger charge is 2.25. The zero-order valence-electron chi connectivity index (χ0n) is 12.6. The van der Waals surface area contributed by atoms with Crippen molar-refractivity contribution in [3.05, 3.63) is 35.4 Å². The Balaban J connectivity index is 2.13. The van der Waals surface area contributed by atoms with E-state index in [0.717, 1.165) is 12.5 Å². The quantitative estimate of drug-likeness (QED) is 0.736. The van der Waals surface area contributed by atoms with Crippen molar-refractivity contribution in [1.29, 1.82) is 0 Å². The predicted molar refractivity (Wildman–Crippen MR) is 83.4 cm³/mol. The third kappa shape index (κ3) is 4.07. The van der Waals surface area contributed by atoms with Gasteiger partial charge in [0.05, 0.1) is 0 Å². The van der Waals surface area contributed by atoms with E-state index in [-0.39, 0.29) is 0 Å². The number of nitrogens with one attached hydrogen (secondary N) is 1. The lowest BCUT2D eigenvalue weighted by molar-refractivity contribution is 0.368. The molecule has 1 atom stereocenters. The highest BCUT2D eigenvalue weighted by Crippen LogP contribution is 2.36. The van der Waals surface area contributed by atoms with Gasteiger partial charge >= 0.3 is 0 Å². The third-order valence-electron chi connectivity index (χ3n) is 4.33. The minimum absolute atomic E-state index is 0.583. The lowest BCUT2D eigenvalue weighted by Gasteiger charge is -2.25. The number of hydrogen-bond donors (Lipinski definition) is 1. The summed E-state index contributed by atoms with van der Waals surface area (Å²) in [4.78, 5) is 0. The molecule has 1 aliphatic carbocycles. The molecule has 0 aliphatic heterocycles. The van der Waals surface area contributed by atoms with Crippen LogP contribution in [0.2, 0.25) is 0 Å². The minimum atomic E-state index is 0.583. The summed E-state index contributed by atoms with van der Waals surface area (Å²) < 4.78 is 0. The van der Waals surface area contributed by atoms with Gasteiger partial charge in [0.2, 0.25) is 0 Å². The van der Waals surface area contributed by atoms with Crippen LogP contribution in [0, 0.1) is 5.92 Å². The van der Waals surface area contributed by atoms with Crippen molar-refractivity contribution >= 4 is 0 Å². The Morgan fingerprint density at radius 2 is 1.95 bits per heavy atom. The molecule has 0 bridgehead atoms. The molecule has 1 aromatic carbocycles. The molecule has 1 nitrogen and oxygen atoms in total. The number of rotatable bonds is 7. The van der Waals surface area contributed by atoms with Crippen LogP contribution in [-0.4, -0.2) is 6.54 Å². The van der Waals surface area contributed by atoms with E-state index in [1.807, 2.05) is 0 Å². The average Bonchev–Trinajstić information content (AvgIpc) is 2.94. The fourth-order valence-electron chi connectivity index (χ4n) is 3.38. The third-order valence-corrected chi connectivity index (χ3v) is 4.33. The molecule has 0 spiro atoms. The molecule has 1 heteroatoms. The molecule has 1 N–H and O–H groups in total. The van der Waals surface area contributed by atoms with Gasteiger partial charge in [-0.1, -0.05) is 57.4 Å². The van der Waals surface area contributed by atoms with Crippen LogP contribution in [0.4, 0.5) is 0 Å². The van der Waals surface area contributed by atoms with E-state index >= 15 is 0 Å². The van der Waals surface area contributed by atoms with Gasteiger partial charge in [-0.2, -0.15) is 0 Å². The Kier molecular flexibility index (Phi) is 5.91. The summed E-state index contributed by atoms with van der Waals surface area (Å²) >= 11 is 0. The van der Waals surface area contributed by atoms with Crippen molar-refractivity contribution in [2.45, 2.75) is 64.8 Å². The van der Waals surface area contributed by atoms with Crippen molar-refractivity contribution < 1.29 is 0 Å². The molecule has 1 aliphatic rings. The first kappa shape index (κ1) is 14.6. The van der Waals surface area contributed by atoms with Gasteiger partial charge in [-0.25, -0.2) is 0 Å². The smallest absolute Gasteiger partial charge is 0.0348 e. The van der Waals surface area contributed by atoms with Crippen LogP contribution in [-0.2, 0) is 6.42 Å². The molecule has 1 unspecified atom stereocenters. The van der Waals surface area contributed by atoms with Gasteiger partial charge in [0.1, 0.15) is 0 Å². The molecule has 0 amide bonds. The van der Waals surface area contributed by atoms with E-state index in [1.165, 1.54) is 56.1 Å². The zero-order valence-corrected chi connectivity index (χ0v) is 12.6. The summed E-state index contributed by atoms with van der Waals surface area (Å²) in [5.41, 5.74) is 3.02. The second kappa shape index (κ2) is 7.69. The number of hydrogen-bond acceptors (Lipinski definition) is 1. The minimum Gasteiger partial charge on any atom is -0.310 e. The van der Waals surface area contributed by atoms with E-state index in [0.29, 0.717) is 6.04 Å². The van der Waals surface area contributed by atoms with Gasteiger partial charge in [-0.15, -0.1) is 0 Å².